The quantitative estimate of drug-likeness (QED) is 0.0270. The van der Waals surface area contributed by atoms with Crippen LogP contribution in [0.3, 0.4) is 0 Å². The fourth-order valence-corrected chi connectivity index (χ4v) is 5.65. The van der Waals surface area contributed by atoms with Crippen LogP contribution in [0.4, 0.5) is 0 Å². The summed E-state index contributed by atoms with van der Waals surface area (Å²) in [6, 6.07) is 0.0181. The average molecular weight is 814 g/mol. The number of H-pyrrole nitrogens is 1. The summed E-state index contributed by atoms with van der Waals surface area (Å²) < 4.78 is 0. The number of phenols is 1. The van der Waals surface area contributed by atoms with Crippen molar-refractivity contribution in [2.45, 2.75) is 90.0 Å². The standard InChI is InChI=1S/C37H59N13O8/c1-6-21(4)31(36(58)48-27(15-23-16-42-19-45-23)32(54)44-17-28(38)52)50-34(56)26(14-22-9-11-24(51)12-10-22)47-35(57)30(20(2)3)49-33(55)25(46-29(53)18-41-5)8-7-13-43-37(39)40/h9-12,16,19-21,25-27,30-31,41,51H,6-8,13-15,17-18H2,1-5H3,(H2,38,52)(H,42,45)(H,44,54)(H,46,53)(H,47,57)(H,48,58)(H,49,55)(H,50,56)(H4,39,40,43)/t21-,25+,26+,27+,30+,31+/m1/s1. The second-order valence-electron chi connectivity index (χ2n) is 14.2. The summed E-state index contributed by atoms with van der Waals surface area (Å²) in [6.45, 7) is 6.57. The number of nitrogens with zero attached hydrogens (tertiary/aromatic N) is 2. The van der Waals surface area contributed by atoms with Gasteiger partial charge >= 0.3 is 0 Å². The Morgan fingerprint density at radius 3 is 1.93 bits per heavy atom. The molecule has 6 atom stereocenters. The Kier molecular flexibility index (Phi) is 20.2. The molecule has 58 heavy (non-hydrogen) atoms. The normalized spacial score (nSPS) is 14.0. The van der Waals surface area contributed by atoms with Gasteiger partial charge in [0.05, 0.1) is 19.4 Å². The Bertz CT molecular complexity index is 1700. The molecule has 0 unspecified atom stereocenters. The van der Waals surface area contributed by atoms with E-state index >= 15 is 0 Å². The Morgan fingerprint density at radius 1 is 0.776 bits per heavy atom. The van der Waals surface area contributed by atoms with Crippen molar-refractivity contribution in [3.63, 3.8) is 0 Å². The number of carbonyl (C=O) groups excluding carboxylic acids is 7. The van der Waals surface area contributed by atoms with Gasteiger partial charge in [-0.1, -0.05) is 46.2 Å². The minimum absolute atomic E-state index is 0.0240. The van der Waals surface area contributed by atoms with Crippen LogP contribution in [0.2, 0.25) is 0 Å². The van der Waals surface area contributed by atoms with Gasteiger partial charge in [0.25, 0.3) is 0 Å². The second kappa shape index (κ2) is 24.4. The number of primary amides is 1. The molecule has 0 bridgehead atoms. The van der Waals surface area contributed by atoms with Gasteiger partial charge in [0, 0.05) is 31.3 Å². The van der Waals surface area contributed by atoms with E-state index in [4.69, 9.17) is 17.2 Å². The number of aromatic amines is 1. The fourth-order valence-electron chi connectivity index (χ4n) is 5.65. The molecule has 21 nitrogen and oxygen atoms in total. The van der Waals surface area contributed by atoms with Gasteiger partial charge in [-0.05, 0) is 49.4 Å². The number of nitrogens with one attached hydrogen (secondary N) is 8. The number of likely N-dealkylation sites (N-methyl/N-ethyl adjacent to an activating group) is 1. The first kappa shape index (κ1) is 47.9. The van der Waals surface area contributed by atoms with Gasteiger partial charge in [0.2, 0.25) is 41.4 Å². The first-order valence-corrected chi connectivity index (χ1v) is 19.0. The predicted octanol–water partition coefficient (Wildman–Crippen LogP) is -3.10. The first-order chi connectivity index (χ1) is 27.4. The lowest BCUT2D eigenvalue weighted by atomic mass is 9.96. The summed E-state index contributed by atoms with van der Waals surface area (Å²) in [5.74, 6) is -5.91. The molecular weight excluding hydrogens is 754 g/mol. The van der Waals surface area contributed by atoms with Crippen LogP contribution in [0.25, 0.3) is 0 Å². The van der Waals surface area contributed by atoms with Crippen molar-refractivity contribution in [1.29, 1.82) is 0 Å². The third-order valence-corrected chi connectivity index (χ3v) is 9.03. The predicted molar refractivity (Wildman–Crippen MR) is 214 cm³/mol. The Morgan fingerprint density at radius 2 is 1.38 bits per heavy atom. The number of nitrogens with two attached hydrogens (primary N) is 3. The molecular formula is C37H59N13O8. The van der Waals surface area contributed by atoms with Gasteiger partial charge in [-0.15, -0.1) is 0 Å². The maximum Gasteiger partial charge on any atom is 0.243 e. The number of aliphatic imine (C=N–C) groups is 1. The summed E-state index contributed by atoms with van der Waals surface area (Å²) in [4.78, 5) is 103. The monoisotopic (exact) mass is 813 g/mol. The summed E-state index contributed by atoms with van der Waals surface area (Å²) in [5.41, 5.74) is 17.1. The molecule has 1 aromatic carbocycles. The maximum atomic E-state index is 14.2. The van der Waals surface area contributed by atoms with Crippen LogP contribution in [0.1, 0.15) is 58.2 Å². The van der Waals surface area contributed by atoms with Crippen LogP contribution >= 0.6 is 0 Å². The van der Waals surface area contributed by atoms with E-state index in [1.54, 1.807) is 46.9 Å². The molecule has 1 heterocycles. The molecule has 0 radical (unpaired) electrons. The Balaban J connectivity index is 2.39. The third kappa shape index (κ3) is 16.9. The van der Waals surface area contributed by atoms with Crippen molar-refractivity contribution in [2.24, 2.45) is 34.0 Å². The highest BCUT2D eigenvalue weighted by Gasteiger charge is 2.35. The van der Waals surface area contributed by atoms with Crippen molar-refractivity contribution in [2.75, 3.05) is 26.7 Å². The van der Waals surface area contributed by atoms with Gasteiger partial charge in [-0.25, -0.2) is 4.98 Å². The molecule has 0 saturated carbocycles. The molecule has 2 aromatic rings. The number of amides is 7. The lowest BCUT2D eigenvalue weighted by molar-refractivity contribution is -0.136. The number of rotatable bonds is 25. The highest BCUT2D eigenvalue weighted by molar-refractivity contribution is 5.97. The zero-order chi connectivity index (χ0) is 43.4. The van der Waals surface area contributed by atoms with E-state index in [9.17, 15) is 38.7 Å². The van der Waals surface area contributed by atoms with Crippen LogP contribution < -0.4 is 54.4 Å². The van der Waals surface area contributed by atoms with Gasteiger partial charge in [0.1, 0.15) is 36.0 Å². The molecule has 0 spiro atoms. The highest BCUT2D eigenvalue weighted by Crippen LogP contribution is 2.15. The van der Waals surface area contributed by atoms with Crippen LogP contribution in [0, 0.1) is 11.8 Å². The molecule has 2 rings (SSSR count). The van der Waals surface area contributed by atoms with E-state index in [1.165, 1.54) is 24.7 Å². The number of imidazole rings is 1. The fraction of sp³-hybridized carbons (Fsp3) is 0.541. The van der Waals surface area contributed by atoms with Crippen LogP contribution in [0.15, 0.2) is 41.8 Å². The van der Waals surface area contributed by atoms with E-state index in [-0.39, 0.29) is 44.1 Å². The van der Waals surface area contributed by atoms with Crippen LogP contribution in [-0.2, 0) is 46.4 Å². The molecule has 0 aliphatic carbocycles. The Labute approximate surface area is 337 Å². The lowest BCUT2D eigenvalue weighted by Crippen LogP contribution is -2.61. The number of benzene rings is 1. The third-order valence-electron chi connectivity index (χ3n) is 9.03. The number of phenolic OH excluding ortho intramolecular Hbond substituents is 1. The van der Waals surface area contributed by atoms with E-state index < -0.39 is 89.9 Å². The molecule has 21 heteroatoms. The van der Waals surface area contributed by atoms with E-state index in [0.717, 1.165) is 0 Å². The van der Waals surface area contributed by atoms with Crippen molar-refractivity contribution >= 4 is 47.3 Å². The van der Waals surface area contributed by atoms with E-state index in [1.807, 2.05) is 0 Å². The summed E-state index contributed by atoms with van der Waals surface area (Å²) >= 11 is 0. The van der Waals surface area contributed by atoms with Crippen LogP contribution in [-0.4, -0.2) is 119 Å². The minimum atomic E-state index is -1.31. The molecule has 1 aromatic heterocycles. The zero-order valence-corrected chi connectivity index (χ0v) is 33.6. The SMILES string of the molecule is CC[C@@H](C)[C@H](NC(=O)[C@H](Cc1ccc(O)cc1)NC(=O)[C@@H](NC(=O)[C@H](CCCN=C(N)N)NC(=O)CNC)C(C)C)C(=O)N[C@@H](Cc1cnc[nH]1)C(=O)NCC(N)=O. The number of guanidine groups is 1. The largest absolute Gasteiger partial charge is 0.508 e. The Hall–Kier alpha value is -6.25. The smallest absolute Gasteiger partial charge is 0.243 e. The zero-order valence-electron chi connectivity index (χ0n) is 33.6. The first-order valence-electron chi connectivity index (χ1n) is 19.0. The van der Waals surface area contributed by atoms with Gasteiger partial charge < -0.3 is 64.5 Å². The van der Waals surface area contributed by atoms with Crippen molar-refractivity contribution in [3.8, 4) is 5.75 Å². The van der Waals surface area contributed by atoms with Crippen molar-refractivity contribution in [1.82, 2.24) is 47.2 Å². The molecule has 0 aliphatic heterocycles. The minimum Gasteiger partial charge on any atom is -0.508 e. The molecule has 15 N–H and O–H groups in total. The van der Waals surface area contributed by atoms with Crippen molar-refractivity contribution < 1.29 is 38.7 Å². The van der Waals surface area contributed by atoms with E-state index in [0.29, 0.717) is 24.1 Å². The van der Waals surface area contributed by atoms with Gasteiger partial charge in [0.15, 0.2) is 5.96 Å². The maximum absolute atomic E-state index is 14.2. The topological polar surface area (TPSA) is 343 Å². The second-order valence-corrected chi connectivity index (χ2v) is 14.2. The molecule has 7 amide bonds. The summed E-state index contributed by atoms with van der Waals surface area (Å²) in [5, 5.41) is 28.5. The number of hydrogen-bond donors (Lipinski definition) is 12. The van der Waals surface area contributed by atoms with E-state index in [2.05, 4.69) is 52.2 Å². The molecule has 320 valence electrons. The molecule has 0 fully saturated rings. The number of hydrogen-bond acceptors (Lipinski definition) is 11. The highest BCUT2D eigenvalue weighted by atomic mass is 16.3. The summed E-state index contributed by atoms with van der Waals surface area (Å²) in [6.07, 6.45) is 3.64. The van der Waals surface area contributed by atoms with Gasteiger partial charge in [-0.3, -0.25) is 38.6 Å². The van der Waals surface area contributed by atoms with Crippen molar-refractivity contribution in [3.05, 3.63) is 48.0 Å². The number of aromatic hydroxyl groups is 1. The molecule has 0 saturated heterocycles. The summed E-state index contributed by atoms with van der Waals surface area (Å²) in [7, 11) is 1.57. The number of carbonyl (C=O) groups is 7. The lowest BCUT2D eigenvalue weighted by Gasteiger charge is -2.30. The van der Waals surface area contributed by atoms with Crippen LogP contribution in [0.5, 0.6) is 5.75 Å². The van der Waals surface area contributed by atoms with Gasteiger partial charge in [-0.2, -0.15) is 0 Å². The molecule has 0 aliphatic rings. The number of aromatic nitrogens is 2. The average Bonchev–Trinajstić information content (AvgIpc) is 3.69.